The first kappa shape index (κ1) is 17.0. The van der Waals surface area contributed by atoms with Gasteiger partial charge in [0.1, 0.15) is 6.10 Å². The summed E-state index contributed by atoms with van der Waals surface area (Å²) < 4.78 is 17.0. The van der Waals surface area contributed by atoms with Crippen molar-refractivity contribution in [1.82, 2.24) is 5.32 Å². The molecule has 1 N–H and O–H groups in total. The van der Waals surface area contributed by atoms with Crippen molar-refractivity contribution >= 4 is 5.91 Å². The minimum atomic E-state index is -0.209. The lowest BCUT2D eigenvalue weighted by Crippen LogP contribution is -2.32. The fourth-order valence-corrected chi connectivity index (χ4v) is 3.90. The number of amides is 1. The number of nitrogens with one attached hydrogen (secondary N) is 1. The highest BCUT2D eigenvalue weighted by Gasteiger charge is 2.44. The summed E-state index contributed by atoms with van der Waals surface area (Å²) in [5.41, 5.74) is 1.51. The second kappa shape index (κ2) is 7.44. The predicted molar refractivity (Wildman–Crippen MR) is 93.2 cm³/mol. The lowest BCUT2D eigenvalue weighted by atomic mass is 9.96. The van der Waals surface area contributed by atoms with E-state index in [2.05, 4.69) is 29.6 Å². The molecule has 0 bridgehead atoms. The summed E-state index contributed by atoms with van der Waals surface area (Å²) in [4.78, 5) is 12.2. The summed E-state index contributed by atoms with van der Waals surface area (Å²) >= 11 is 0. The molecule has 25 heavy (non-hydrogen) atoms. The average Bonchev–Trinajstić information content (AvgIpc) is 3.04. The topological polar surface area (TPSA) is 56.8 Å². The highest BCUT2D eigenvalue weighted by atomic mass is 16.7. The lowest BCUT2D eigenvalue weighted by Gasteiger charge is -2.19. The Balaban J connectivity index is 1.18. The second-order valence-electron chi connectivity index (χ2n) is 7.45. The van der Waals surface area contributed by atoms with E-state index in [4.69, 9.17) is 14.2 Å². The van der Waals surface area contributed by atoms with Crippen LogP contribution in [0.15, 0.2) is 30.3 Å². The first-order valence-electron chi connectivity index (χ1n) is 9.46. The van der Waals surface area contributed by atoms with Gasteiger partial charge in [0.05, 0.1) is 19.3 Å². The molecule has 5 nitrogen and oxygen atoms in total. The number of hydrogen-bond donors (Lipinski definition) is 1. The van der Waals surface area contributed by atoms with E-state index >= 15 is 0 Å². The molecule has 1 saturated carbocycles. The zero-order valence-electron chi connectivity index (χ0n) is 14.6. The van der Waals surface area contributed by atoms with Crippen LogP contribution in [0.2, 0.25) is 0 Å². The molecule has 136 valence electrons. The summed E-state index contributed by atoms with van der Waals surface area (Å²) in [6.07, 6.45) is 5.51. The zero-order valence-corrected chi connectivity index (χ0v) is 14.6. The van der Waals surface area contributed by atoms with Gasteiger partial charge in [0.25, 0.3) is 0 Å². The Hall–Kier alpha value is -1.43. The molecular weight excluding hydrogens is 318 g/mol. The Morgan fingerprint density at radius 1 is 1.12 bits per heavy atom. The van der Waals surface area contributed by atoms with Crippen molar-refractivity contribution < 1.29 is 19.0 Å². The number of ether oxygens (including phenoxy) is 3. The van der Waals surface area contributed by atoms with E-state index in [1.54, 1.807) is 0 Å². The fourth-order valence-electron chi connectivity index (χ4n) is 3.90. The summed E-state index contributed by atoms with van der Waals surface area (Å²) in [7, 11) is 0. The fraction of sp³-hybridized carbons (Fsp3) is 0.650. The molecule has 1 aliphatic carbocycles. The van der Waals surface area contributed by atoms with E-state index in [9.17, 15) is 4.79 Å². The largest absolute Gasteiger partial charge is 0.370 e. The van der Waals surface area contributed by atoms with Gasteiger partial charge in [0.2, 0.25) is 5.91 Å². The van der Waals surface area contributed by atoms with Crippen LogP contribution in [0.4, 0.5) is 0 Å². The van der Waals surface area contributed by atoms with Crippen molar-refractivity contribution in [2.24, 2.45) is 0 Å². The molecule has 0 radical (unpaired) electrons. The third kappa shape index (κ3) is 4.05. The zero-order chi connectivity index (χ0) is 17.1. The summed E-state index contributed by atoms with van der Waals surface area (Å²) in [5, 5.41) is 3.13. The predicted octanol–water partition coefficient (Wildman–Crippen LogP) is 2.54. The summed E-state index contributed by atoms with van der Waals surface area (Å²) in [6, 6.07) is 10.5. The van der Waals surface area contributed by atoms with Gasteiger partial charge in [-0.25, -0.2) is 0 Å². The third-order valence-electron chi connectivity index (χ3n) is 5.65. The quantitative estimate of drug-likeness (QED) is 0.825. The molecule has 1 amide bonds. The van der Waals surface area contributed by atoms with E-state index in [1.165, 1.54) is 5.56 Å². The molecule has 5 heteroatoms. The van der Waals surface area contributed by atoms with E-state index < -0.39 is 0 Å². The average molecular weight is 345 g/mol. The first-order chi connectivity index (χ1) is 12.3. The molecule has 0 aromatic heterocycles. The molecule has 3 fully saturated rings. The highest BCUT2D eigenvalue weighted by molar-refractivity contribution is 5.76. The van der Waals surface area contributed by atoms with Gasteiger partial charge < -0.3 is 19.5 Å². The van der Waals surface area contributed by atoms with Crippen molar-refractivity contribution in [2.45, 2.75) is 62.4 Å². The smallest absolute Gasteiger partial charge is 0.220 e. The van der Waals surface area contributed by atoms with Crippen molar-refractivity contribution in [3.8, 4) is 0 Å². The highest BCUT2D eigenvalue weighted by Crippen LogP contribution is 2.47. The molecule has 2 aliphatic heterocycles. The maximum Gasteiger partial charge on any atom is 0.220 e. The van der Waals surface area contributed by atoms with E-state index in [0.717, 1.165) is 38.6 Å². The van der Waals surface area contributed by atoms with E-state index in [1.807, 2.05) is 6.07 Å². The van der Waals surface area contributed by atoms with E-state index in [0.29, 0.717) is 19.6 Å². The minimum Gasteiger partial charge on any atom is -0.370 e. The van der Waals surface area contributed by atoms with Crippen LogP contribution < -0.4 is 5.32 Å². The third-order valence-corrected chi connectivity index (χ3v) is 5.65. The van der Waals surface area contributed by atoms with Gasteiger partial charge in [0, 0.05) is 18.4 Å². The number of hydrogen-bond acceptors (Lipinski definition) is 4. The second-order valence-corrected chi connectivity index (χ2v) is 7.45. The van der Waals surface area contributed by atoms with Crippen LogP contribution >= 0.6 is 0 Å². The van der Waals surface area contributed by atoms with Crippen molar-refractivity contribution in [2.75, 3.05) is 19.8 Å². The van der Waals surface area contributed by atoms with Crippen LogP contribution in [0.25, 0.3) is 0 Å². The molecule has 2 atom stereocenters. The normalized spacial score (nSPS) is 28.2. The van der Waals surface area contributed by atoms with Crippen molar-refractivity contribution in [1.29, 1.82) is 0 Å². The van der Waals surface area contributed by atoms with Crippen molar-refractivity contribution in [3.63, 3.8) is 0 Å². The Labute approximate surface area is 149 Å². The first-order valence-corrected chi connectivity index (χ1v) is 9.46. The standard InChI is InChI=1S/C20H27NO4/c22-18(21-14-20(10-11-20)15-4-2-1-3-5-15)9-7-16-6-8-17(25-16)19-23-12-13-24-19/h1-5,16-17,19H,6-14H2,(H,21,22). The SMILES string of the molecule is O=C(CCC1CCC(C2OCCO2)O1)NCC1(c2ccccc2)CC1. The molecule has 2 saturated heterocycles. The van der Waals surface area contributed by atoms with Crippen LogP contribution in [-0.4, -0.2) is 44.2 Å². The van der Waals surface area contributed by atoms with Gasteiger partial charge in [-0.15, -0.1) is 0 Å². The molecule has 3 aliphatic rings. The number of rotatable bonds is 7. The van der Waals surface area contributed by atoms with Gasteiger partial charge in [-0.2, -0.15) is 0 Å². The summed E-state index contributed by atoms with van der Waals surface area (Å²) in [6.45, 7) is 2.05. The maximum atomic E-state index is 12.2. The molecule has 4 rings (SSSR count). The lowest BCUT2D eigenvalue weighted by molar-refractivity contribution is -0.139. The number of carbonyl (C=O) groups is 1. The minimum absolute atomic E-state index is 0.0309. The van der Waals surface area contributed by atoms with Gasteiger partial charge in [-0.05, 0) is 37.7 Å². The molecular formula is C20H27NO4. The van der Waals surface area contributed by atoms with Gasteiger partial charge in [-0.3, -0.25) is 4.79 Å². The molecule has 0 spiro atoms. The number of carbonyl (C=O) groups excluding carboxylic acids is 1. The van der Waals surface area contributed by atoms with Gasteiger partial charge in [-0.1, -0.05) is 30.3 Å². The van der Waals surface area contributed by atoms with Crippen LogP contribution in [0.5, 0.6) is 0 Å². The Morgan fingerprint density at radius 2 is 1.88 bits per heavy atom. The van der Waals surface area contributed by atoms with Crippen LogP contribution in [-0.2, 0) is 24.4 Å². The molecule has 2 unspecified atom stereocenters. The van der Waals surface area contributed by atoms with Crippen LogP contribution in [0.1, 0.15) is 44.1 Å². The molecule has 1 aromatic rings. The molecule has 2 heterocycles. The summed E-state index contributed by atoms with van der Waals surface area (Å²) in [5.74, 6) is 0.127. The monoisotopic (exact) mass is 345 g/mol. The van der Waals surface area contributed by atoms with Gasteiger partial charge in [0.15, 0.2) is 6.29 Å². The number of benzene rings is 1. The Morgan fingerprint density at radius 3 is 2.60 bits per heavy atom. The molecule has 1 aromatic carbocycles. The Bertz CT molecular complexity index is 581. The van der Waals surface area contributed by atoms with Crippen LogP contribution in [0, 0.1) is 0 Å². The maximum absolute atomic E-state index is 12.2. The van der Waals surface area contributed by atoms with Crippen LogP contribution in [0.3, 0.4) is 0 Å². The van der Waals surface area contributed by atoms with E-state index in [-0.39, 0.29) is 29.8 Å². The van der Waals surface area contributed by atoms with Crippen molar-refractivity contribution in [3.05, 3.63) is 35.9 Å². The Kier molecular flexibility index (Phi) is 5.06. The van der Waals surface area contributed by atoms with Gasteiger partial charge >= 0.3 is 0 Å².